The molecule has 2 aromatic rings. The number of phenolic OH excluding ortho intramolecular Hbond substituents is 2. The quantitative estimate of drug-likeness (QED) is 0.840. The average Bonchev–Trinajstić information content (AvgIpc) is 2.47. The van der Waals surface area contributed by atoms with E-state index in [9.17, 15) is 10.2 Å². The predicted octanol–water partition coefficient (Wildman–Crippen LogP) is 2.87. The molecular formula is C15H15NO4. The minimum atomic E-state index is -0.0605. The van der Waals surface area contributed by atoms with Gasteiger partial charge in [0.05, 0.1) is 14.2 Å². The highest BCUT2D eigenvalue weighted by atomic mass is 16.5. The molecule has 0 aromatic heterocycles. The van der Waals surface area contributed by atoms with Crippen LogP contribution in [0.25, 0.3) is 0 Å². The fourth-order valence-corrected chi connectivity index (χ4v) is 1.71. The van der Waals surface area contributed by atoms with Gasteiger partial charge >= 0.3 is 0 Å². The summed E-state index contributed by atoms with van der Waals surface area (Å²) in [5.74, 6) is 0.627. The number of nitrogens with zero attached hydrogens (tertiary/aromatic N) is 1. The van der Waals surface area contributed by atoms with Crippen molar-refractivity contribution >= 4 is 11.9 Å². The van der Waals surface area contributed by atoms with Gasteiger partial charge in [-0.15, -0.1) is 0 Å². The molecule has 2 rings (SSSR count). The minimum absolute atomic E-state index is 0.0605. The van der Waals surface area contributed by atoms with Crippen LogP contribution in [0.2, 0.25) is 0 Å². The van der Waals surface area contributed by atoms with Crippen LogP contribution in [0.4, 0.5) is 5.69 Å². The van der Waals surface area contributed by atoms with Crippen molar-refractivity contribution in [3.05, 3.63) is 42.0 Å². The number of hydrogen-bond donors (Lipinski definition) is 2. The lowest BCUT2D eigenvalue weighted by Gasteiger charge is -2.09. The number of ether oxygens (including phenoxy) is 2. The van der Waals surface area contributed by atoms with Gasteiger partial charge < -0.3 is 19.7 Å². The summed E-state index contributed by atoms with van der Waals surface area (Å²) in [7, 11) is 2.91. The lowest BCUT2D eigenvalue weighted by Crippen LogP contribution is -1.92. The van der Waals surface area contributed by atoms with Crippen LogP contribution in [0.15, 0.2) is 41.4 Å². The zero-order valence-electron chi connectivity index (χ0n) is 11.2. The Balaban J connectivity index is 2.36. The van der Waals surface area contributed by atoms with E-state index in [-0.39, 0.29) is 11.5 Å². The van der Waals surface area contributed by atoms with Gasteiger partial charge in [-0.1, -0.05) is 12.1 Å². The highest BCUT2D eigenvalue weighted by molar-refractivity contribution is 5.84. The number of benzene rings is 2. The van der Waals surface area contributed by atoms with Crippen LogP contribution in [0.3, 0.4) is 0 Å². The van der Waals surface area contributed by atoms with Crippen molar-refractivity contribution in [1.29, 1.82) is 0 Å². The number of hydrogen-bond acceptors (Lipinski definition) is 5. The van der Waals surface area contributed by atoms with E-state index in [0.29, 0.717) is 22.7 Å². The molecule has 0 bridgehead atoms. The predicted molar refractivity (Wildman–Crippen MR) is 76.6 cm³/mol. The molecule has 0 heterocycles. The Hall–Kier alpha value is -2.69. The molecule has 0 radical (unpaired) electrons. The van der Waals surface area contributed by atoms with E-state index >= 15 is 0 Å². The first-order chi connectivity index (χ1) is 9.65. The molecule has 5 nitrogen and oxygen atoms in total. The fraction of sp³-hybridized carbons (Fsp3) is 0.133. The van der Waals surface area contributed by atoms with Gasteiger partial charge in [-0.05, 0) is 24.3 Å². The van der Waals surface area contributed by atoms with Gasteiger partial charge in [0, 0.05) is 11.8 Å². The Labute approximate surface area is 116 Å². The third kappa shape index (κ3) is 2.83. The van der Waals surface area contributed by atoms with Crippen LogP contribution >= 0.6 is 0 Å². The maximum Gasteiger partial charge on any atom is 0.200 e. The zero-order valence-corrected chi connectivity index (χ0v) is 11.2. The second-order valence-electron chi connectivity index (χ2n) is 4.02. The maximum atomic E-state index is 9.81. The highest BCUT2D eigenvalue weighted by Gasteiger charge is 2.10. The summed E-state index contributed by atoms with van der Waals surface area (Å²) in [5.41, 5.74) is 1.14. The average molecular weight is 273 g/mol. The van der Waals surface area contributed by atoms with Gasteiger partial charge in [0.25, 0.3) is 0 Å². The van der Waals surface area contributed by atoms with Crippen LogP contribution in [-0.4, -0.2) is 30.6 Å². The molecule has 2 aromatic carbocycles. The highest BCUT2D eigenvalue weighted by Crippen LogP contribution is 2.36. The van der Waals surface area contributed by atoms with Crippen molar-refractivity contribution in [2.24, 2.45) is 4.99 Å². The molecule has 2 N–H and O–H groups in total. The largest absolute Gasteiger partial charge is 0.506 e. The Morgan fingerprint density at radius 2 is 1.60 bits per heavy atom. The van der Waals surface area contributed by atoms with E-state index in [2.05, 4.69) is 4.99 Å². The number of phenols is 2. The molecule has 0 amide bonds. The zero-order chi connectivity index (χ0) is 14.5. The smallest absolute Gasteiger partial charge is 0.200 e. The summed E-state index contributed by atoms with van der Waals surface area (Å²) in [6.07, 6.45) is 1.56. The molecule has 104 valence electrons. The van der Waals surface area contributed by atoms with E-state index < -0.39 is 0 Å². The first-order valence-corrected chi connectivity index (χ1v) is 5.92. The van der Waals surface area contributed by atoms with Crippen molar-refractivity contribution in [2.75, 3.05) is 14.2 Å². The standard InChI is InChI=1S/C15H15NO4/c1-19-13-7-10(8-14(20-2)15(13)18)9-16-11-5-3-4-6-12(11)17/h3-9,17-18H,1-2H3. The molecular weight excluding hydrogens is 258 g/mol. The normalized spacial score (nSPS) is 10.7. The van der Waals surface area contributed by atoms with Crippen LogP contribution in [0, 0.1) is 0 Å². The van der Waals surface area contributed by atoms with Gasteiger partial charge in [0.1, 0.15) is 11.4 Å². The van der Waals surface area contributed by atoms with Crippen molar-refractivity contribution in [2.45, 2.75) is 0 Å². The second-order valence-corrected chi connectivity index (χ2v) is 4.02. The van der Waals surface area contributed by atoms with E-state index in [1.807, 2.05) is 0 Å². The number of aliphatic imine (C=N–C) groups is 1. The van der Waals surface area contributed by atoms with Crippen molar-refractivity contribution in [3.63, 3.8) is 0 Å². The molecule has 5 heteroatoms. The summed E-state index contributed by atoms with van der Waals surface area (Å²) in [5, 5.41) is 19.4. The monoisotopic (exact) mass is 273 g/mol. The van der Waals surface area contributed by atoms with Crippen molar-refractivity contribution in [1.82, 2.24) is 0 Å². The molecule has 0 unspecified atom stereocenters. The van der Waals surface area contributed by atoms with Gasteiger partial charge in [0.15, 0.2) is 11.5 Å². The van der Waals surface area contributed by atoms with Crippen LogP contribution < -0.4 is 9.47 Å². The third-order valence-electron chi connectivity index (χ3n) is 2.74. The summed E-state index contributed by atoms with van der Waals surface area (Å²) >= 11 is 0. The number of rotatable bonds is 4. The Morgan fingerprint density at radius 1 is 1.00 bits per heavy atom. The second kappa shape index (κ2) is 5.97. The number of para-hydroxylation sites is 2. The van der Waals surface area contributed by atoms with Crippen LogP contribution in [0.5, 0.6) is 23.0 Å². The molecule has 0 saturated carbocycles. The SMILES string of the molecule is COc1cc(C=Nc2ccccc2O)cc(OC)c1O. The minimum Gasteiger partial charge on any atom is -0.506 e. The molecule has 0 atom stereocenters. The summed E-state index contributed by atoms with van der Waals surface area (Å²) < 4.78 is 10.1. The lowest BCUT2D eigenvalue weighted by atomic mass is 10.2. The van der Waals surface area contributed by atoms with Gasteiger partial charge in [-0.2, -0.15) is 0 Å². The molecule has 0 aliphatic heterocycles. The summed E-state index contributed by atoms with van der Waals surface area (Å²) in [6, 6.07) is 10.0. The van der Waals surface area contributed by atoms with E-state index in [0.717, 1.165) is 0 Å². The lowest BCUT2D eigenvalue weighted by molar-refractivity contribution is 0.340. The van der Waals surface area contributed by atoms with Crippen molar-refractivity contribution < 1.29 is 19.7 Å². The summed E-state index contributed by atoms with van der Waals surface area (Å²) in [4.78, 5) is 4.19. The van der Waals surface area contributed by atoms with E-state index in [4.69, 9.17) is 9.47 Å². The fourth-order valence-electron chi connectivity index (χ4n) is 1.71. The topological polar surface area (TPSA) is 71.3 Å². The summed E-state index contributed by atoms with van der Waals surface area (Å²) in [6.45, 7) is 0. The van der Waals surface area contributed by atoms with Gasteiger partial charge in [-0.3, -0.25) is 4.99 Å². The molecule has 0 spiro atoms. The number of methoxy groups -OCH3 is 2. The Kier molecular flexibility index (Phi) is 4.10. The molecule has 0 fully saturated rings. The van der Waals surface area contributed by atoms with Gasteiger partial charge in [0.2, 0.25) is 5.75 Å². The third-order valence-corrected chi connectivity index (χ3v) is 2.74. The Bertz CT molecular complexity index is 613. The van der Waals surface area contributed by atoms with Crippen molar-refractivity contribution in [3.8, 4) is 23.0 Å². The Morgan fingerprint density at radius 3 is 2.15 bits per heavy atom. The van der Waals surface area contributed by atoms with Gasteiger partial charge in [-0.25, -0.2) is 0 Å². The molecule has 0 aliphatic rings. The van der Waals surface area contributed by atoms with Crippen LogP contribution in [-0.2, 0) is 0 Å². The maximum absolute atomic E-state index is 9.81. The first-order valence-electron chi connectivity index (χ1n) is 5.92. The van der Waals surface area contributed by atoms with E-state index in [1.54, 1.807) is 42.6 Å². The molecule has 0 saturated heterocycles. The van der Waals surface area contributed by atoms with Crippen LogP contribution in [0.1, 0.15) is 5.56 Å². The number of aromatic hydroxyl groups is 2. The molecule has 0 aliphatic carbocycles. The van der Waals surface area contributed by atoms with E-state index in [1.165, 1.54) is 14.2 Å². The molecule has 20 heavy (non-hydrogen) atoms. The first kappa shape index (κ1) is 13.7.